The zero-order valence-electron chi connectivity index (χ0n) is 20.4. The Kier molecular flexibility index (Phi) is 9.86. The van der Waals surface area contributed by atoms with E-state index in [9.17, 15) is 26.3 Å². The minimum atomic E-state index is -3.14. The molecule has 1 aliphatic heterocycles. The zero-order chi connectivity index (χ0) is 28.5. The number of ether oxygens (including phenoxy) is 5. The number of benzene rings is 2. The van der Waals surface area contributed by atoms with Crippen molar-refractivity contribution in [2.24, 2.45) is 0 Å². The molecule has 1 saturated heterocycles. The maximum absolute atomic E-state index is 12.4. The Balaban J connectivity index is 0.000000186. The molecule has 0 saturated carbocycles. The molecule has 0 spiro atoms. The van der Waals surface area contributed by atoms with Crippen LogP contribution in [0.3, 0.4) is 0 Å². The van der Waals surface area contributed by atoms with Crippen LogP contribution >= 0.6 is 0 Å². The van der Waals surface area contributed by atoms with E-state index in [1.807, 2.05) is 18.2 Å². The predicted molar refractivity (Wildman–Crippen MR) is 127 cm³/mol. The van der Waals surface area contributed by atoms with Crippen molar-refractivity contribution in [3.63, 3.8) is 0 Å². The van der Waals surface area contributed by atoms with Crippen LogP contribution in [0.4, 0.5) is 26.3 Å². The number of aromatic amines is 2. The summed E-state index contributed by atoms with van der Waals surface area (Å²) >= 11 is 0. The van der Waals surface area contributed by atoms with Gasteiger partial charge in [-0.3, -0.25) is 10.2 Å². The largest absolute Gasteiger partial charge is 0.484 e. The normalized spacial score (nSPS) is 16.7. The predicted octanol–water partition coefficient (Wildman–Crippen LogP) is 5.74. The fraction of sp³-hybridized carbons (Fsp3) is 0.280. The van der Waals surface area contributed by atoms with Crippen molar-refractivity contribution >= 4 is 0 Å². The van der Waals surface area contributed by atoms with Gasteiger partial charge in [-0.1, -0.05) is 12.1 Å². The van der Waals surface area contributed by atoms with Gasteiger partial charge in [0.2, 0.25) is 0 Å². The van der Waals surface area contributed by atoms with Crippen LogP contribution in [0.1, 0.15) is 0 Å². The van der Waals surface area contributed by atoms with Crippen molar-refractivity contribution in [3.05, 3.63) is 67.0 Å². The average Bonchev–Trinajstić information content (AvgIpc) is 3.69. The van der Waals surface area contributed by atoms with E-state index in [0.717, 1.165) is 23.4 Å². The Bertz CT molecular complexity index is 1310. The summed E-state index contributed by atoms with van der Waals surface area (Å²) in [6.45, 7) is -8.80. The van der Waals surface area contributed by atoms with Crippen LogP contribution in [0.25, 0.3) is 22.5 Å². The molecule has 0 amide bonds. The SMILES string of the molecule is FC(F)OC1COC[C@H]1Oc1ccccc1-c1ccn[nH]1.FC(F)Oc1ccc(-c2ccn[nH]2)cc1OC(F)F. The molecule has 0 bridgehead atoms. The number of nitrogens with one attached hydrogen (secondary N) is 2. The number of H-pyrrole nitrogens is 2. The highest BCUT2D eigenvalue weighted by molar-refractivity contribution is 5.66. The maximum atomic E-state index is 12.4. The summed E-state index contributed by atoms with van der Waals surface area (Å²) in [6.07, 6.45) is 1.75. The number of halogens is 6. The minimum Gasteiger partial charge on any atom is -0.484 e. The highest BCUT2D eigenvalue weighted by atomic mass is 19.3. The smallest absolute Gasteiger partial charge is 0.387 e. The van der Waals surface area contributed by atoms with Crippen molar-refractivity contribution < 1.29 is 50.0 Å². The molecule has 2 atom stereocenters. The molecule has 5 rings (SSSR count). The highest BCUT2D eigenvalue weighted by Gasteiger charge is 2.33. The first-order valence-corrected chi connectivity index (χ1v) is 11.6. The molecular weight excluding hydrogens is 550 g/mol. The molecule has 214 valence electrons. The van der Waals surface area contributed by atoms with E-state index in [0.29, 0.717) is 17.0 Å². The van der Waals surface area contributed by atoms with Gasteiger partial charge in [-0.15, -0.1) is 0 Å². The van der Waals surface area contributed by atoms with E-state index >= 15 is 0 Å². The van der Waals surface area contributed by atoms with E-state index in [1.54, 1.807) is 24.4 Å². The van der Waals surface area contributed by atoms with Crippen LogP contribution in [-0.4, -0.2) is 65.7 Å². The lowest BCUT2D eigenvalue weighted by Gasteiger charge is -2.20. The second kappa shape index (κ2) is 13.7. The van der Waals surface area contributed by atoms with Crippen LogP contribution in [0, 0.1) is 0 Å². The number of alkyl halides is 6. The molecule has 2 aromatic carbocycles. The molecule has 9 nitrogen and oxygen atoms in total. The molecule has 1 fully saturated rings. The molecule has 1 aliphatic rings. The summed E-state index contributed by atoms with van der Waals surface area (Å²) in [5, 5.41) is 13.1. The van der Waals surface area contributed by atoms with E-state index in [2.05, 4.69) is 34.6 Å². The summed E-state index contributed by atoms with van der Waals surface area (Å²) < 4.78 is 97.2. The Morgan fingerprint density at radius 3 is 2.00 bits per heavy atom. The van der Waals surface area contributed by atoms with Gasteiger partial charge in [0.05, 0.1) is 24.6 Å². The number of rotatable bonds is 10. The van der Waals surface area contributed by atoms with Crippen molar-refractivity contribution in [2.75, 3.05) is 13.2 Å². The molecule has 3 heterocycles. The first-order valence-electron chi connectivity index (χ1n) is 11.6. The standard InChI is InChI=1S/C14H14F2N2O3.C11H8F4N2O2/c15-14(16)21-13-8-19-7-12(13)20-11-4-2-1-3-9(11)10-5-6-17-18-10;12-10(13)18-8-2-1-6(7-3-4-16-17-7)5-9(8)19-11(14)15/h1-6,12-14H,7-8H2,(H,17,18);1-5,10-11H,(H,16,17)/t12-,13?;/m1./s1. The molecule has 0 radical (unpaired) electrons. The lowest BCUT2D eigenvalue weighted by Crippen LogP contribution is -2.34. The van der Waals surface area contributed by atoms with Gasteiger partial charge in [-0.2, -0.15) is 36.5 Å². The van der Waals surface area contributed by atoms with Gasteiger partial charge in [-0.05, 0) is 42.5 Å². The summed E-state index contributed by atoms with van der Waals surface area (Å²) in [5.74, 6) is -0.360. The Morgan fingerprint density at radius 2 is 1.35 bits per heavy atom. The van der Waals surface area contributed by atoms with E-state index in [-0.39, 0.29) is 13.2 Å². The van der Waals surface area contributed by atoms with Crippen LogP contribution in [-0.2, 0) is 9.47 Å². The second-order valence-corrected chi connectivity index (χ2v) is 7.98. The number of hydrogen-bond acceptors (Lipinski definition) is 7. The van der Waals surface area contributed by atoms with Gasteiger partial charge >= 0.3 is 19.8 Å². The fourth-order valence-electron chi connectivity index (χ4n) is 3.72. The number of para-hydroxylation sites is 1. The lowest BCUT2D eigenvalue weighted by atomic mass is 10.1. The number of hydrogen-bond donors (Lipinski definition) is 2. The maximum Gasteiger partial charge on any atom is 0.387 e. The molecule has 4 aromatic rings. The van der Waals surface area contributed by atoms with Gasteiger partial charge in [0.1, 0.15) is 11.9 Å². The van der Waals surface area contributed by atoms with Crippen molar-refractivity contribution in [1.82, 2.24) is 20.4 Å². The van der Waals surface area contributed by atoms with Crippen molar-refractivity contribution in [1.29, 1.82) is 0 Å². The first-order chi connectivity index (χ1) is 19.3. The summed E-state index contributed by atoms with van der Waals surface area (Å²) in [7, 11) is 0. The lowest BCUT2D eigenvalue weighted by molar-refractivity contribution is -0.175. The Labute approximate surface area is 223 Å². The van der Waals surface area contributed by atoms with E-state index < -0.39 is 43.5 Å². The Hall–Kier alpha value is -4.24. The first kappa shape index (κ1) is 28.8. The molecule has 0 aliphatic carbocycles. The van der Waals surface area contributed by atoms with Crippen LogP contribution in [0.15, 0.2) is 67.0 Å². The van der Waals surface area contributed by atoms with Gasteiger partial charge < -0.3 is 23.7 Å². The molecular formula is C25H22F6N4O5. The van der Waals surface area contributed by atoms with Gasteiger partial charge in [0.25, 0.3) is 0 Å². The molecule has 2 aromatic heterocycles. The quantitative estimate of drug-likeness (QED) is 0.234. The Morgan fingerprint density at radius 1 is 0.700 bits per heavy atom. The average molecular weight is 572 g/mol. The van der Waals surface area contributed by atoms with Crippen molar-refractivity contribution in [3.8, 4) is 39.8 Å². The monoisotopic (exact) mass is 572 g/mol. The van der Waals surface area contributed by atoms with E-state index in [4.69, 9.17) is 9.47 Å². The van der Waals surface area contributed by atoms with E-state index in [1.165, 1.54) is 12.3 Å². The minimum absolute atomic E-state index is 0.0984. The number of aromatic nitrogens is 4. The van der Waals surface area contributed by atoms with Crippen LogP contribution < -0.4 is 14.2 Å². The third kappa shape index (κ3) is 7.89. The molecule has 40 heavy (non-hydrogen) atoms. The third-order valence-electron chi connectivity index (χ3n) is 5.40. The van der Waals surface area contributed by atoms with Crippen LogP contribution in [0.2, 0.25) is 0 Å². The summed E-state index contributed by atoms with van der Waals surface area (Å²) in [5.41, 5.74) is 2.58. The molecule has 15 heteroatoms. The van der Waals surface area contributed by atoms with Gasteiger partial charge in [0, 0.05) is 23.5 Å². The topological polar surface area (TPSA) is 104 Å². The summed E-state index contributed by atoms with van der Waals surface area (Å²) in [4.78, 5) is 0. The third-order valence-corrected chi connectivity index (χ3v) is 5.40. The second-order valence-electron chi connectivity index (χ2n) is 7.98. The van der Waals surface area contributed by atoms with Gasteiger partial charge in [-0.25, -0.2) is 0 Å². The molecule has 2 N–H and O–H groups in total. The summed E-state index contributed by atoms with van der Waals surface area (Å²) in [6, 6.07) is 14.4. The van der Waals surface area contributed by atoms with Gasteiger partial charge in [0.15, 0.2) is 17.6 Å². The van der Waals surface area contributed by atoms with Crippen molar-refractivity contribution in [2.45, 2.75) is 32.0 Å². The fourth-order valence-corrected chi connectivity index (χ4v) is 3.72. The highest BCUT2D eigenvalue weighted by Crippen LogP contribution is 2.34. The van der Waals surface area contributed by atoms with Crippen LogP contribution in [0.5, 0.6) is 17.2 Å². The molecule has 1 unspecified atom stereocenters. The number of nitrogens with zero attached hydrogens (tertiary/aromatic N) is 2. The zero-order valence-corrected chi connectivity index (χ0v) is 20.4.